The maximum atomic E-state index is 12.6. The molecule has 0 saturated heterocycles. The number of rotatable bonds is 9. The van der Waals surface area contributed by atoms with E-state index in [1.54, 1.807) is 35.1 Å². The predicted octanol–water partition coefficient (Wildman–Crippen LogP) is 4.77. The number of carbonyl (C=O) groups is 2. The molecule has 31 heavy (non-hydrogen) atoms. The van der Waals surface area contributed by atoms with Crippen molar-refractivity contribution < 1.29 is 18.7 Å². The highest BCUT2D eigenvalue weighted by Gasteiger charge is 2.20. The highest BCUT2D eigenvalue weighted by molar-refractivity contribution is 6.42. The topological polar surface area (TPSA) is 98.4 Å². The lowest BCUT2D eigenvalue weighted by Gasteiger charge is -2.07. The third-order valence-electron chi connectivity index (χ3n) is 4.26. The number of nitrogens with one attached hydrogen (secondary N) is 2. The number of aryl methyl sites for hydroxylation is 1. The number of anilines is 1. The van der Waals surface area contributed by atoms with Crippen LogP contribution < -0.4 is 15.4 Å². The molecule has 0 bridgehead atoms. The Balaban J connectivity index is 1.68. The molecule has 0 saturated carbocycles. The van der Waals surface area contributed by atoms with Gasteiger partial charge in [0.05, 0.1) is 10.7 Å². The molecule has 0 unspecified atom stereocenters. The van der Waals surface area contributed by atoms with Gasteiger partial charge >= 0.3 is 0 Å². The second-order valence-corrected chi connectivity index (χ2v) is 7.35. The second kappa shape index (κ2) is 10.4. The molecule has 2 N–H and O–H groups in total. The molecule has 8 nitrogen and oxygen atoms in total. The van der Waals surface area contributed by atoms with Gasteiger partial charge in [0.25, 0.3) is 11.8 Å². The van der Waals surface area contributed by atoms with Crippen LogP contribution in [0.3, 0.4) is 0 Å². The molecule has 0 aliphatic rings. The van der Waals surface area contributed by atoms with Crippen LogP contribution in [0.2, 0.25) is 10.0 Å². The van der Waals surface area contributed by atoms with Gasteiger partial charge in [-0.2, -0.15) is 5.10 Å². The van der Waals surface area contributed by atoms with E-state index >= 15 is 0 Å². The van der Waals surface area contributed by atoms with Crippen LogP contribution >= 0.6 is 23.2 Å². The van der Waals surface area contributed by atoms with Crippen LogP contribution in [0.15, 0.2) is 40.9 Å². The number of hydrogen-bond acceptors (Lipinski definition) is 5. The maximum absolute atomic E-state index is 12.6. The van der Waals surface area contributed by atoms with E-state index in [4.69, 9.17) is 32.4 Å². The van der Waals surface area contributed by atoms with Crippen molar-refractivity contribution in [3.05, 3.63) is 63.8 Å². The van der Waals surface area contributed by atoms with Crippen LogP contribution in [-0.4, -0.2) is 28.1 Å². The molecule has 0 atom stereocenters. The molecule has 0 spiro atoms. The monoisotopic (exact) mass is 464 g/mol. The van der Waals surface area contributed by atoms with Crippen LogP contribution in [0, 0.1) is 0 Å². The molecule has 2 heterocycles. The van der Waals surface area contributed by atoms with E-state index in [2.05, 4.69) is 15.7 Å². The predicted molar refractivity (Wildman–Crippen MR) is 118 cm³/mol. The van der Waals surface area contributed by atoms with E-state index < -0.39 is 5.91 Å². The Bertz CT molecular complexity index is 1080. The van der Waals surface area contributed by atoms with E-state index in [0.717, 1.165) is 6.42 Å². The molecule has 2 aromatic heterocycles. The SMILES string of the molecule is CCCNC(=O)c1nn(CC)cc1NC(=O)c1ccc(COc2cccc(Cl)c2Cl)o1. The summed E-state index contributed by atoms with van der Waals surface area (Å²) in [6.45, 7) is 4.97. The molecular formula is C21H22Cl2N4O4. The lowest BCUT2D eigenvalue weighted by Crippen LogP contribution is -2.26. The van der Waals surface area contributed by atoms with Crippen molar-refractivity contribution in [1.29, 1.82) is 0 Å². The van der Waals surface area contributed by atoms with Crippen molar-refractivity contribution in [1.82, 2.24) is 15.1 Å². The Morgan fingerprint density at radius 3 is 2.71 bits per heavy atom. The van der Waals surface area contributed by atoms with Gasteiger partial charge in [-0.1, -0.05) is 36.2 Å². The minimum absolute atomic E-state index is 0.0613. The quantitative estimate of drug-likeness (QED) is 0.474. The Hall–Kier alpha value is -2.97. The zero-order valence-electron chi connectivity index (χ0n) is 17.1. The number of amides is 2. The zero-order valence-corrected chi connectivity index (χ0v) is 18.6. The molecule has 1 aromatic carbocycles. The average Bonchev–Trinajstić information content (AvgIpc) is 3.40. The van der Waals surface area contributed by atoms with Gasteiger partial charge in [0.1, 0.15) is 23.1 Å². The van der Waals surface area contributed by atoms with Crippen LogP contribution in [0.4, 0.5) is 5.69 Å². The summed E-state index contributed by atoms with van der Waals surface area (Å²) < 4.78 is 12.8. The van der Waals surface area contributed by atoms with Gasteiger partial charge in [-0.3, -0.25) is 14.3 Å². The van der Waals surface area contributed by atoms with E-state index in [1.165, 1.54) is 6.07 Å². The summed E-state index contributed by atoms with van der Waals surface area (Å²) in [5.74, 6) is 0.0427. The van der Waals surface area contributed by atoms with E-state index in [1.807, 2.05) is 13.8 Å². The van der Waals surface area contributed by atoms with E-state index in [0.29, 0.717) is 40.3 Å². The number of carbonyl (C=O) groups excluding carboxylic acids is 2. The Labute approximate surface area is 189 Å². The number of furan rings is 1. The first-order chi connectivity index (χ1) is 14.9. The van der Waals surface area contributed by atoms with Crippen molar-refractivity contribution >= 4 is 40.7 Å². The summed E-state index contributed by atoms with van der Waals surface area (Å²) >= 11 is 12.1. The van der Waals surface area contributed by atoms with Crippen molar-refractivity contribution in [2.24, 2.45) is 0 Å². The number of aromatic nitrogens is 2. The fraction of sp³-hybridized carbons (Fsp3) is 0.286. The summed E-state index contributed by atoms with van der Waals surface area (Å²) in [6, 6.07) is 8.20. The standard InChI is InChI=1S/C21H22Cl2N4O4/c1-3-10-24-21(29)19-15(11-27(4-2)26-19)25-20(28)17-9-8-13(31-17)12-30-16-7-5-6-14(22)18(16)23/h5-9,11H,3-4,10,12H2,1-2H3,(H,24,29)(H,25,28). The van der Waals surface area contributed by atoms with E-state index in [9.17, 15) is 9.59 Å². The van der Waals surface area contributed by atoms with Crippen LogP contribution in [0.5, 0.6) is 5.75 Å². The fourth-order valence-electron chi connectivity index (χ4n) is 2.67. The molecule has 164 valence electrons. The Morgan fingerprint density at radius 1 is 1.16 bits per heavy atom. The van der Waals surface area contributed by atoms with Gasteiger partial charge in [-0.05, 0) is 37.6 Å². The van der Waals surface area contributed by atoms with Gasteiger partial charge in [0.15, 0.2) is 11.5 Å². The number of benzene rings is 1. The normalized spacial score (nSPS) is 10.7. The third kappa shape index (κ3) is 5.59. The minimum Gasteiger partial charge on any atom is -0.484 e. The van der Waals surface area contributed by atoms with E-state index in [-0.39, 0.29) is 24.0 Å². The maximum Gasteiger partial charge on any atom is 0.291 e. The zero-order chi connectivity index (χ0) is 22.4. The number of nitrogens with zero attached hydrogens (tertiary/aromatic N) is 2. The lowest BCUT2D eigenvalue weighted by atomic mass is 10.3. The molecular weight excluding hydrogens is 443 g/mol. The molecule has 0 aliphatic heterocycles. The average molecular weight is 465 g/mol. The first kappa shape index (κ1) is 22.7. The molecule has 3 rings (SSSR count). The highest BCUT2D eigenvalue weighted by Crippen LogP contribution is 2.32. The van der Waals surface area contributed by atoms with Crippen LogP contribution in [-0.2, 0) is 13.2 Å². The molecule has 0 aliphatic carbocycles. The summed E-state index contributed by atoms with van der Waals surface area (Å²) in [7, 11) is 0. The number of halogens is 2. The van der Waals surface area contributed by atoms with Gasteiger partial charge in [0, 0.05) is 19.3 Å². The van der Waals surface area contributed by atoms with Crippen molar-refractivity contribution in [3.63, 3.8) is 0 Å². The largest absolute Gasteiger partial charge is 0.484 e. The van der Waals surface area contributed by atoms with Gasteiger partial charge in [-0.15, -0.1) is 0 Å². The first-order valence-electron chi connectivity index (χ1n) is 9.75. The summed E-state index contributed by atoms with van der Waals surface area (Å²) in [5, 5.41) is 10.4. The van der Waals surface area contributed by atoms with Crippen molar-refractivity contribution in [3.8, 4) is 5.75 Å². The molecule has 0 fully saturated rings. The molecule has 2 amide bonds. The van der Waals surface area contributed by atoms with Crippen LogP contribution in [0.25, 0.3) is 0 Å². The van der Waals surface area contributed by atoms with Crippen LogP contribution in [0.1, 0.15) is 47.1 Å². The molecule has 3 aromatic rings. The van der Waals surface area contributed by atoms with Gasteiger partial charge in [0.2, 0.25) is 0 Å². The Morgan fingerprint density at radius 2 is 1.97 bits per heavy atom. The molecule has 10 heteroatoms. The fourth-order valence-corrected chi connectivity index (χ4v) is 3.02. The molecule has 0 radical (unpaired) electrons. The van der Waals surface area contributed by atoms with Crippen molar-refractivity contribution in [2.75, 3.05) is 11.9 Å². The van der Waals surface area contributed by atoms with Crippen molar-refractivity contribution in [2.45, 2.75) is 33.4 Å². The lowest BCUT2D eigenvalue weighted by molar-refractivity contribution is 0.0948. The summed E-state index contributed by atoms with van der Waals surface area (Å²) in [5.41, 5.74) is 0.453. The third-order valence-corrected chi connectivity index (χ3v) is 5.06. The number of hydrogen-bond donors (Lipinski definition) is 2. The summed E-state index contributed by atoms with van der Waals surface area (Å²) in [4.78, 5) is 25.0. The second-order valence-electron chi connectivity index (χ2n) is 6.56. The first-order valence-corrected chi connectivity index (χ1v) is 10.5. The number of ether oxygens (including phenoxy) is 1. The Kier molecular flexibility index (Phi) is 7.59. The smallest absolute Gasteiger partial charge is 0.291 e. The summed E-state index contributed by atoms with van der Waals surface area (Å²) in [6.07, 6.45) is 2.40. The minimum atomic E-state index is -0.507. The van der Waals surface area contributed by atoms with Gasteiger partial charge in [-0.25, -0.2) is 0 Å². The highest BCUT2D eigenvalue weighted by atomic mass is 35.5. The van der Waals surface area contributed by atoms with Gasteiger partial charge < -0.3 is 19.8 Å².